The number of amidine groups is 1. The van der Waals surface area contributed by atoms with Gasteiger partial charge in [-0.25, -0.2) is 0 Å². The van der Waals surface area contributed by atoms with Gasteiger partial charge in [0, 0.05) is 16.3 Å². The molecule has 0 aliphatic carbocycles. The van der Waals surface area contributed by atoms with Gasteiger partial charge in [-0.2, -0.15) is 5.10 Å². The van der Waals surface area contributed by atoms with Crippen LogP contribution < -0.4 is 10.5 Å². The zero-order valence-electron chi connectivity index (χ0n) is 13.0. The first-order chi connectivity index (χ1) is 11.1. The Kier molecular flexibility index (Phi) is 6.50. The maximum Gasteiger partial charge on any atom is 0.180 e. The van der Waals surface area contributed by atoms with E-state index in [0.29, 0.717) is 15.9 Å². The third-order valence-corrected chi connectivity index (χ3v) is 4.36. The summed E-state index contributed by atoms with van der Waals surface area (Å²) in [6.45, 7) is 1.92. The van der Waals surface area contributed by atoms with E-state index < -0.39 is 0 Å². The van der Waals surface area contributed by atoms with Crippen molar-refractivity contribution in [1.29, 1.82) is 0 Å². The SMILES string of the molecule is COc1cc(C)c(Cl)cc1C=NN=C(N)SCc1ccccc1. The van der Waals surface area contributed by atoms with E-state index >= 15 is 0 Å². The first-order valence-electron chi connectivity index (χ1n) is 6.97. The summed E-state index contributed by atoms with van der Waals surface area (Å²) < 4.78 is 5.31. The van der Waals surface area contributed by atoms with Gasteiger partial charge in [-0.3, -0.25) is 0 Å². The molecule has 0 saturated carbocycles. The highest BCUT2D eigenvalue weighted by molar-refractivity contribution is 8.13. The molecule has 0 aliphatic rings. The number of hydrogen-bond acceptors (Lipinski definition) is 4. The molecule has 4 nitrogen and oxygen atoms in total. The number of nitrogens with zero attached hydrogens (tertiary/aromatic N) is 2. The summed E-state index contributed by atoms with van der Waals surface area (Å²) >= 11 is 7.56. The summed E-state index contributed by atoms with van der Waals surface area (Å²) in [5.41, 5.74) is 8.74. The highest BCUT2D eigenvalue weighted by atomic mass is 35.5. The fourth-order valence-electron chi connectivity index (χ4n) is 1.86. The third-order valence-electron chi connectivity index (χ3n) is 3.09. The summed E-state index contributed by atoms with van der Waals surface area (Å²) in [4.78, 5) is 0. The standard InChI is InChI=1S/C17H18ClN3OS/c1-12-8-16(22-2)14(9-15(12)18)10-20-21-17(19)23-11-13-6-4-3-5-7-13/h3-10H,11H2,1-2H3,(H2,19,21). The van der Waals surface area contributed by atoms with Crippen LogP contribution >= 0.6 is 23.4 Å². The van der Waals surface area contributed by atoms with Crippen LogP contribution in [0.15, 0.2) is 52.7 Å². The second-order valence-electron chi connectivity index (χ2n) is 4.80. The van der Waals surface area contributed by atoms with Crippen LogP contribution in [0.5, 0.6) is 5.75 Å². The first kappa shape index (κ1) is 17.4. The predicted octanol–water partition coefficient (Wildman–Crippen LogP) is 4.24. The lowest BCUT2D eigenvalue weighted by Gasteiger charge is -2.06. The van der Waals surface area contributed by atoms with E-state index in [1.165, 1.54) is 17.3 Å². The number of rotatable bonds is 5. The molecule has 120 valence electrons. The number of benzene rings is 2. The van der Waals surface area contributed by atoms with Crippen LogP contribution in [0, 0.1) is 6.92 Å². The smallest absolute Gasteiger partial charge is 0.180 e. The van der Waals surface area contributed by atoms with Gasteiger partial charge in [-0.15, -0.1) is 5.10 Å². The highest BCUT2D eigenvalue weighted by Gasteiger charge is 2.05. The van der Waals surface area contributed by atoms with Crippen molar-refractivity contribution in [3.8, 4) is 5.75 Å². The molecule has 0 bridgehead atoms. The predicted molar refractivity (Wildman–Crippen MR) is 99.7 cm³/mol. The van der Waals surface area contributed by atoms with E-state index in [-0.39, 0.29) is 0 Å². The van der Waals surface area contributed by atoms with Crippen LogP contribution in [-0.4, -0.2) is 18.5 Å². The third kappa shape index (κ3) is 5.30. The van der Waals surface area contributed by atoms with Gasteiger partial charge in [0.1, 0.15) is 5.75 Å². The van der Waals surface area contributed by atoms with Gasteiger partial charge in [0.05, 0.1) is 13.3 Å². The van der Waals surface area contributed by atoms with Gasteiger partial charge in [0.15, 0.2) is 5.17 Å². The Balaban J connectivity index is 2.01. The zero-order valence-corrected chi connectivity index (χ0v) is 14.6. The van der Waals surface area contributed by atoms with E-state index in [9.17, 15) is 0 Å². The molecule has 0 saturated heterocycles. The summed E-state index contributed by atoms with van der Waals surface area (Å²) in [6.07, 6.45) is 1.58. The Labute approximate surface area is 145 Å². The fourth-order valence-corrected chi connectivity index (χ4v) is 2.64. The van der Waals surface area contributed by atoms with Crippen molar-refractivity contribution in [1.82, 2.24) is 0 Å². The number of thioether (sulfide) groups is 1. The molecule has 2 rings (SSSR count). The minimum atomic E-state index is 0.405. The van der Waals surface area contributed by atoms with Crippen molar-refractivity contribution >= 4 is 34.7 Å². The Hall–Kier alpha value is -1.98. The van der Waals surface area contributed by atoms with Crippen molar-refractivity contribution in [2.45, 2.75) is 12.7 Å². The number of ether oxygens (including phenoxy) is 1. The molecule has 0 heterocycles. The van der Waals surface area contributed by atoms with Crippen LogP contribution in [0.2, 0.25) is 5.02 Å². The van der Waals surface area contributed by atoms with Crippen LogP contribution in [0.3, 0.4) is 0 Å². The monoisotopic (exact) mass is 347 g/mol. The van der Waals surface area contributed by atoms with Gasteiger partial charge in [0.25, 0.3) is 0 Å². The summed E-state index contributed by atoms with van der Waals surface area (Å²) in [7, 11) is 1.60. The van der Waals surface area contributed by atoms with Crippen LogP contribution in [-0.2, 0) is 5.75 Å². The molecule has 2 aromatic carbocycles. The van der Waals surface area contributed by atoms with E-state index in [4.69, 9.17) is 22.1 Å². The minimum absolute atomic E-state index is 0.405. The molecule has 0 fully saturated rings. The average molecular weight is 348 g/mol. The van der Waals surface area contributed by atoms with Crippen LogP contribution in [0.4, 0.5) is 0 Å². The largest absolute Gasteiger partial charge is 0.496 e. The molecule has 2 N–H and O–H groups in total. The van der Waals surface area contributed by atoms with Crippen molar-refractivity contribution in [2.24, 2.45) is 15.9 Å². The Morgan fingerprint density at radius 2 is 2.04 bits per heavy atom. The minimum Gasteiger partial charge on any atom is -0.496 e. The van der Waals surface area contributed by atoms with Gasteiger partial charge in [-0.1, -0.05) is 53.7 Å². The molecule has 6 heteroatoms. The van der Waals surface area contributed by atoms with Gasteiger partial charge >= 0.3 is 0 Å². The maximum absolute atomic E-state index is 6.12. The molecule has 0 aromatic heterocycles. The van der Waals surface area contributed by atoms with Crippen molar-refractivity contribution in [3.63, 3.8) is 0 Å². The zero-order chi connectivity index (χ0) is 16.7. The van der Waals surface area contributed by atoms with E-state index in [1.807, 2.05) is 43.3 Å². The lowest BCUT2D eigenvalue weighted by Crippen LogP contribution is -2.06. The van der Waals surface area contributed by atoms with E-state index in [0.717, 1.165) is 16.9 Å². The molecule has 23 heavy (non-hydrogen) atoms. The quantitative estimate of drug-likeness (QED) is 0.500. The first-order valence-corrected chi connectivity index (χ1v) is 8.34. The second kappa shape index (κ2) is 8.60. The van der Waals surface area contributed by atoms with Gasteiger partial charge in [0.2, 0.25) is 0 Å². The van der Waals surface area contributed by atoms with Crippen LogP contribution in [0.1, 0.15) is 16.7 Å². The number of nitrogens with two attached hydrogens (primary N) is 1. The normalized spacial score (nSPS) is 11.9. The number of hydrogen-bond donors (Lipinski definition) is 1. The van der Waals surface area contributed by atoms with Crippen molar-refractivity contribution in [3.05, 3.63) is 64.2 Å². The molecule has 0 atom stereocenters. The highest BCUT2D eigenvalue weighted by Crippen LogP contribution is 2.25. The Morgan fingerprint density at radius 1 is 1.30 bits per heavy atom. The van der Waals surface area contributed by atoms with E-state index in [2.05, 4.69) is 10.2 Å². The number of halogens is 1. The lowest BCUT2D eigenvalue weighted by molar-refractivity contribution is 0.414. The van der Waals surface area contributed by atoms with Gasteiger partial charge < -0.3 is 10.5 Å². The topological polar surface area (TPSA) is 60.0 Å². The molecule has 0 radical (unpaired) electrons. The molecule has 0 unspecified atom stereocenters. The molecule has 0 amide bonds. The van der Waals surface area contributed by atoms with Crippen molar-refractivity contribution in [2.75, 3.05) is 7.11 Å². The number of methoxy groups -OCH3 is 1. The fraction of sp³-hybridized carbons (Fsp3) is 0.176. The summed E-state index contributed by atoms with van der Waals surface area (Å²) in [5.74, 6) is 1.45. The van der Waals surface area contributed by atoms with Crippen LogP contribution in [0.25, 0.3) is 0 Å². The molecule has 2 aromatic rings. The number of aryl methyl sites for hydroxylation is 1. The summed E-state index contributed by atoms with van der Waals surface area (Å²) in [5, 5.41) is 9.06. The molecule has 0 aliphatic heterocycles. The van der Waals surface area contributed by atoms with E-state index in [1.54, 1.807) is 19.4 Å². The van der Waals surface area contributed by atoms with Crippen molar-refractivity contribution < 1.29 is 4.74 Å². The molecular weight excluding hydrogens is 330 g/mol. The average Bonchev–Trinajstić information content (AvgIpc) is 2.57. The Bertz CT molecular complexity index is 717. The Morgan fingerprint density at radius 3 is 2.74 bits per heavy atom. The molecular formula is C17H18ClN3OS. The van der Waals surface area contributed by atoms with Gasteiger partial charge in [-0.05, 0) is 30.2 Å². The maximum atomic E-state index is 6.12. The lowest BCUT2D eigenvalue weighted by atomic mass is 10.1. The summed E-state index contributed by atoms with van der Waals surface area (Å²) in [6, 6.07) is 13.7. The second-order valence-corrected chi connectivity index (χ2v) is 6.20. The molecule has 0 spiro atoms.